The van der Waals surface area contributed by atoms with Crippen molar-refractivity contribution in [2.24, 2.45) is 0 Å². The van der Waals surface area contributed by atoms with Crippen LogP contribution in [0.5, 0.6) is 5.75 Å². The molecule has 4 heteroatoms. The summed E-state index contributed by atoms with van der Waals surface area (Å²) in [5.74, 6) is 0.430. The summed E-state index contributed by atoms with van der Waals surface area (Å²) >= 11 is 5.77. The number of rotatable bonds is 6. The highest BCUT2D eigenvalue weighted by Crippen LogP contribution is 2.22. The number of nitrogens with one attached hydrogen (secondary N) is 1. The van der Waals surface area contributed by atoms with Crippen LogP contribution in [0.4, 0.5) is 10.1 Å². The normalized spacial score (nSPS) is 12.0. The third-order valence-electron chi connectivity index (χ3n) is 3.26. The van der Waals surface area contributed by atoms with Crippen molar-refractivity contribution in [1.82, 2.24) is 0 Å². The summed E-state index contributed by atoms with van der Waals surface area (Å²) in [7, 11) is 0. The van der Waals surface area contributed by atoms with Crippen molar-refractivity contribution in [3.05, 3.63) is 58.9 Å². The second kappa shape index (κ2) is 7.32. The number of halogens is 2. The third-order valence-corrected chi connectivity index (χ3v) is 3.55. The van der Waals surface area contributed by atoms with Gasteiger partial charge >= 0.3 is 0 Å². The molecule has 1 unspecified atom stereocenters. The first kappa shape index (κ1) is 15.6. The molecule has 0 bridgehead atoms. The van der Waals surface area contributed by atoms with Gasteiger partial charge in [-0.3, -0.25) is 0 Å². The van der Waals surface area contributed by atoms with E-state index in [1.807, 2.05) is 31.2 Å². The van der Waals surface area contributed by atoms with Gasteiger partial charge in [0.15, 0.2) is 0 Å². The SMILES string of the molecule is CCC(C)Oc1cccc(NCc2cccc(Cl)c2F)c1. The van der Waals surface area contributed by atoms with Crippen LogP contribution in [-0.4, -0.2) is 6.10 Å². The zero-order valence-corrected chi connectivity index (χ0v) is 13.0. The van der Waals surface area contributed by atoms with Crippen LogP contribution in [0.2, 0.25) is 5.02 Å². The zero-order chi connectivity index (χ0) is 15.2. The molecule has 0 fully saturated rings. The molecule has 0 aliphatic carbocycles. The molecule has 0 spiro atoms. The molecule has 0 radical (unpaired) electrons. The van der Waals surface area contributed by atoms with Crippen molar-refractivity contribution in [2.75, 3.05) is 5.32 Å². The third kappa shape index (κ3) is 4.36. The van der Waals surface area contributed by atoms with E-state index in [9.17, 15) is 4.39 Å². The van der Waals surface area contributed by atoms with E-state index in [0.717, 1.165) is 17.9 Å². The van der Waals surface area contributed by atoms with E-state index in [1.54, 1.807) is 18.2 Å². The van der Waals surface area contributed by atoms with Crippen molar-refractivity contribution < 1.29 is 9.13 Å². The van der Waals surface area contributed by atoms with Crippen LogP contribution in [0.15, 0.2) is 42.5 Å². The van der Waals surface area contributed by atoms with Gasteiger partial charge in [-0.15, -0.1) is 0 Å². The molecule has 21 heavy (non-hydrogen) atoms. The number of hydrogen-bond donors (Lipinski definition) is 1. The molecule has 0 heterocycles. The van der Waals surface area contributed by atoms with Gasteiger partial charge in [-0.25, -0.2) is 4.39 Å². The maximum absolute atomic E-state index is 13.8. The van der Waals surface area contributed by atoms with Crippen molar-refractivity contribution >= 4 is 17.3 Å². The molecule has 1 N–H and O–H groups in total. The van der Waals surface area contributed by atoms with E-state index >= 15 is 0 Å². The van der Waals surface area contributed by atoms with E-state index in [-0.39, 0.29) is 16.9 Å². The predicted molar refractivity (Wildman–Crippen MR) is 85.6 cm³/mol. The lowest BCUT2D eigenvalue weighted by Gasteiger charge is -2.14. The van der Waals surface area contributed by atoms with Gasteiger partial charge in [0, 0.05) is 23.9 Å². The number of benzene rings is 2. The molecule has 0 aliphatic rings. The van der Waals surface area contributed by atoms with Crippen molar-refractivity contribution in [3.63, 3.8) is 0 Å². The first-order chi connectivity index (χ1) is 10.1. The zero-order valence-electron chi connectivity index (χ0n) is 12.2. The molecule has 2 rings (SSSR count). The smallest absolute Gasteiger partial charge is 0.146 e. The van der Waals surface area contributed by atoms with Gasteiger partial charge in [-0.1, -0.05) is 36.7 Å². The second-order valence-corrected chi connectivity index (χ2v) is 5.34. The molecule has 2 aromatic carbocycles. The Balaban J connectivity index is 2.03. The van der Waals surface area contributed by atoms with Crippen LogP contribution in [0.25, 0.3) is 0 Å². The van der Waals surface area contributed by atoms with Gasteiger partial charge in [-0.2, -0.15) is 0 Å². The van der Waals surface area contributed by atoms with Crippen LogP contribution in [0, 0.1) is 5.82 Å². The minimum absolute atomic E-state index is 0.142. The Morgan fingerprint density at radius 1 is 1.24 bits per heavy atom. The lowest BCUT2D eigenvalue weighted by Crippen LogP contribution is -2.10. The first-order valence-corrected chi connectivity index (χ1v) is 7.41. The van der Waals surface area contributed by atoms with Crippen LogP contribution in [0.3, 0.4) is 0 Å². The Bertz CT molecular complexity index is 603. The molecule has 2 aromatic rings. The fraction of sp³-hybridized carbons (Fsp3) is 0.294. The molecular weight excluding hydrogens is 289 g/mol. The Morgan fingerprint density at radius 2 is 2.00 bits per heavy atom. The van der Waals surface area contributed by atoms with Gasteiger partial charge in [0.2, 0.25) is 0 Å². The van der Waals surface area contributed by atoms with Crippen LogP contribution >= 0.6 is 11.6 Å². The van der Waals surface area contributed by atoms with Gasteiger partial charge in [0.1, 0.15) is 11.6 Å². The van der Waals surface area contributed by atoms with Crippen molar-refractivity contribution in [3.8, 4) is 5.75 Å². The summed E-state index contributed by atoms with van der Waals surface area (Å²) in [4.78, 5) is 0. The summed E-state index contributed by atoms with van der Waals surface area (Å²) in [5, 5.41) is 3.32. The summed E-state index contributed by atoms with van der Waals surface area (Å²) in [5.41, 5.74) is 1.42. The largest absolute Gasteiger partial charge is 0.491 e. The molecule has 112 valence electrons. The number of ether oxygens (including phenoxy) is 1. The maximum atomic E-state index is 13.8. The standard InChI is InChI=1S/C17H19ClFNO/c1-3-12(2)21-15-8-5-7-14(10-15)20-11-13-6-4-9-16(18)17(13)19/h4-10,12,20H,3,11H2,1-2H3. The Morgan fingerprint density at radius 3 is 2.76 bits per heavy atom. The number of hydrogen-bond acceptors (Lipinski definition) is 2. The van der Waals surface area contributed by atoms with Crippen molar-refractivity contribution in [1.29, 1.82) is 0 Å². The van der Waals surface area contributed by atoms with Gasteiger partial charge in [0.05, 0.1) is 11.1 Å². The second-order valence-electron chi connectivity index (χ2n) is 4.93. The molecule has 0 aromatic heterocycles. The quantitative estimate of drug-likeness (QED) is 0.785. The molecule has 0 saturated carbocycles. The van der Waals surface area contributed by atoms with E-state index in [2.05, 4.69) is 12.2 Å². The summed E-state index contributed by atoms with van der Waals surface area (Å²) in [6, 6.07) is 12.7. The van der Waals surface area contributed by atoms with E-state index in [4.69, 9.17) is 16.3 Å². The maximum Gasteiger partial charge on any atom is 0.146 e. The fourth-order valence-corrected chi connectivity index (χ4v) is 2.07. The Kier molecular flexibility index (Phi) is 5.45. The van der Waals surface area contributed by atoms with Gasteiger partial charge in [-0.05, 0) is 31.5 Å². The number of anilines is 1. The highest BCUT2D eigenvalue weighted by atomic mass is 35.5. The predicted octanol–water partition coefficient (Wildman–Crippen LogP) is 5.27. The average molecular weight is 308 g/mol. The van der Waals surface area contributed by atoms with E-state index in [0.29, 0.717) is 12.1 Å². The molecule has 1 atom stereocenters. The summed E-state index contributed by atoms with van der Waals surface area (Å²) in [6.45, 7) is 4.48. The molecule has 0 aliphatic heterocycles. The van der Waals surface area contributed by atoms with Crippen LogP contribution in [-0.2, 0) is 6.54 Å². The average Bonchev–Trinajstić information content (AvgIpc) is 2.49. The van der Waals surface area contributed by atoms with Crippen LogP contribution in [0.1, 0.15) is 25.8 Å². The summed E-state index contributed by atoms with van der Waals surface area (Å²) < 4.78 is 19.6. The van der Waals surface area contributed by atoms with Crippen LogP contribution < -0.4 is 10.1 Å². The minimum Gasteiger partial charge on any atom is -0.491 e. The Hall–Kier alpha value is -1.74. The minimum atomic E-state index is -0.376. The molecule has 0 saturated heterocycles. The molecule has 0 amide bonds. The topological polar surface area (TPSA) is 21.3 Å². The molecule has 2 nitrogen and oxygen atoms in total. The highest BCUT2D eigenvalue weighted by Gasteiger charge is 2.06. The fourth-order valence-electron chi connectivity index (χ4n) is 1.88. The van der Waals surface area contributed by atoms with E-state index < -0.39 is 0 Å². The van der Waals surface area contributed by atoms with Gasteiger partial charge < -0.3 is 10.1 Å². The summed E-state index contributed by atoms with van der Waals surface area (Å²) in [6.07, 6.45) is 1.12. The first-order valence-electron chi connectivity index (χ1n) is 7.03. The monoisotopic (exact) mass is 307 g/mol. The molecular formula is C17H19ClFNO. The van der Waals surface area contributed by atoms with Crippen molar-refractivity contribution in [2.45, 2.75) is 32.9 Å². The highest BCUT2D eigenvalue weighted by molar-refractivity contribution is 6.30. The Labute approximate surface area is 129 Å². The van der Waals surface area contributed by atoms with Gasteiger partial charge in [0.25, 0.3) is 0 Å². The van der Waals surface area contributed by atoms with E-state index in [1.165, 1.54) is 0 Å². The lowest BCUT2D eigenvalue weighted by atomic mass is 10.2. The lowest BCUT2D eigenvalue weighted by molar-refractivity contribution is 0.217.